The molecule has 1 fully saturated rings. The Balaban J connectivity index is 1.99. The Morgan fingerprint density at radius 3 is 2.94 bits per heavy atom. The Kier molecular flexibility index (Phi) is 3.84. The van der Waals surface area contributed by atoms with Crippen LogP contribution in [0.25, 0.3) is 0 Å². The molecule has 1 aromatic heterocycles. The number of rotatable bonds is 3. The van der Waals surface area contributed by atoms with Gasteiger partial charge in [-0.15, -0.1) is 0 Å². The van der Waals surface area contributed by atoms with Gasteiger partial charge in [-0.2, -0.15) is 0 Å². The number of aryl methyl sites for hydroxylation is 1. The van der Waals surface area contributed by atoms with Crippen molar-refractivity contribution in [1.82, 2.24) is 9.88 Å². The number of hydrogen-bond acceptors (Lipinski definition) is 4. The third-order valence-corrected chi connectivity index (χ3v) is 4.05. The molecule has 1 saturated heterocycles. The summed E-state index contributed by atoms with van der Waals surface area (Å²) in [5.74, 6) is 2.33. The summed E-state index contributed by atoms with van der Waals surface area (Å²) in [4.78, 5) is 6.74. The van der Waals surface area contributed by atoms with E-state index in [9.17, 15) is 0 Å². The lowest BCUT2D eigenvalue weighted by molar-refractivity contribution is 0.0821. The van der Waals surface area contributed by atoms with E-state index in [2.05, 4.69) is 30.7 Å². The third kappa shape index (κ3) is 2.69. The van der Waals surface area contributed by atoms with Crippen LogP contribution in [-0.2, 0) is 13.0 Å². The van der Waals surface area contributed by atoms with E-state index < -0.39 is 0 Å². The summed E-state index contributed by atoms with van der Waals surface area (Å²) in [5, 5.41) is 0. The topological polar surface area (TPSA) is 55.3 Å². The van der Waals surface area contributed by atoms with Gasteiger partial charge in [0.15, 0.2) is 0 Å². The second-order valence-corrected chi connectivity index (χ2v) is 5.10. The van der Waals surface area contributed by atoms with Crippen molar-refractivity contribution >= 4 is 0 Å². The fourth-order valence-electron chi connectivity index (χ4n) is 2.45. The molecule has 0 aromatic carbocycles. The van der Waals surface area contributed by atoms with Crippen LogP contribution in [0.3, 0.4) is 0 Å². The lowest BCUT2D eigenvalue weighted by atomic mass is 9.88. The molecular formula is C13H23N3O. The highest BCUT2D eigenvalue weighted by Crippen LogP contribution is 2.23. The first-order chi connectivity index (χ1) is 8.11. The summed E-state index contributed by atoms with van der Waals surface area (Å²) < 4.78 is 5.66. The average molecular weight is 237 g/mol. The minimum atomic E-state index is 0.331. The van der Waals surface area contributed by atoms with Crippen LogP contribution in [0.1, 0.15) is 38.8 Å². The Labute approximate surface area is 103 Å². The van der Waals surface area contributed by atoms with Gasteiger partial charge in [0.2, 0.25) is 5.89 Å². The van der Waals surface area contributed by atoms with Crippen LogP contribution in [0.4, 0.5) is 0 Å². The molecule has 0 aliphatic carbocycles. The highest BCUT2D eigenvalue weighted by atomic mass is 16.4. The summed E-state index contributed by atoms with van der Waals surface area (Å²) >= 11 is 0. The molecule has 96 valence electrons. The molecule has 4 heteroatoms. The van der Waals surface area contributed by atoms with Crippen LogP contribution in [0, 0.1) is 5.92 Å². The smallest absolute Gasteiger partial charge is 0.208 e. The van der Waals surface area contributed by atoms with E-state index in [1.54, 1.807) is 0 Å². The molecule has 17 heavy (non-hydrogen) atoms. The zero-order valence-electron chi connectivity index (χ0n) is 11.0. The number of piperidine rings is 1. The molecule has 0 radical (unpaired) electrons. The molecule has 3 unspecified atom stereocenters. The maximum atomic E-state index is 6.08. The number of nitrogens with two attached hydrogens (primary N) is 1. The van der Waals surface area contributed by atoms with Crippen molar-refractivity contribution in [3.8, 4) is 0 Å². The molecule has 3 atom stereocenters. The fourth-order valence-corrected chi connectivity index (χ4v) is 2.45. The van der Waals surface area contributed by atoms with E-state index in [0.29, 0.717) is 18.0 Å². The first kappa shape index (κ1) is 12.6. The minimum absolute atomic E-state index is 0.331. The summed E-state index contributed by atoms with van der Waals surface area (Å²) in [6.07, 6.45) is 3.80. The number of oxazole rings is 1. The maximum Gasteiger partial charge on any atom is 0.208 e. The van der Waals surface area contributed by atoms with Crippen molar-refractivity contribution in [2.75, 3.05) is 6.54 Å². The van der Waals surface area contributed by atoms with Crippen molar-refractivity contribution in [3.05, 3.63) is 17.8 Å². The lowest BCUT2D eigenvalue weighted by Crippen LogP contribution is -2.51. The van der Waals surface area contributed by atoms with Gasteiger partial charge in [0.25, 0.3) is 0 Å². The van der Waals surface area contributed by atoms with Crippen LogP contribution in [0.15, 0.2) is 10.6 Å². The fraction of sp³-hybridized carbons (Fsp3) is 0.769. The van der Waals surface area contributed by atoms with Gasteiger partial charge in [-0.25, -0.2) is 4.98 Å². The van der Waals surface area contributed by atoms with Crippen molar-refractivity contribution in [2.24, 2.45) is 11.7 Å². The molecule has 1 aliphatic heterocycles. The quantitative estimate of drug-likeness (QED) is 0.871. The van der Waals surface area contributed by atoms with Crippen LogP contribution in [0.2, 0.25) is 0 Å². The molecule has 2 heterocycles. The van der Waals surface area contributed by atoms with E-state index in [0.717, 1.165) is 37.6 Å². The Hall–Kier alpha value is -0.870. The molecule has 2 N–H and O–H groups in total. The Bertz CT molecular complexity index is 363. The van der Waals surface area contributed by atoms with E-state index in [-0.39, 0.29) is 0 Å². The predicted octanol–water partition coefficient (Wildman–Crippen LogP) is 1.79. The van der Waals surface area contributed by atoms with E-state index >= 15 is 0 Å². The molecule has 0 amide bonds. The third-order valence-electron chi connectivity index (χ3n) is 4.05. The summed E-state index contributed by atoms with van der Waals surface area (Å²) in [6.45, 7) is 8.39. The van der Waals surface area contributed by atoms with Crippen molar-refractivity contribution < 1.29 is 4.42 Å². The van der Waals surface area contributed by atoms with Crippen LogP contribution in [-0.4, -0.2) is 28.5 Å². The molecule has 0 bridgehead atoms. The molecular weight excluding hydrogens is 214 g/mol. The van der Waals surface area contributed by atoms with Crippen molar-refractivity contribution in [2.45, 2.75) is 52.2 Å². The highest BCUT2D eigenvalue weighted by molar-refractivity contribution is 4.95. The van der Waals surface area contributed by atoms with Gasteiger partial charge in [-0.1, -0.05) is 13.8 Å². The monoisotopic (exact) mass is 237 g/mol. The molecule has 4 nitrogen and oxygen atoms in total. The van der Waals surface area contributed by atoms with E-state index in [1.165, 1.54) is 0 Å². The Morgan fingerprint density at radius 2 is 2.29 bits per heavy atom. The molecule has 0 spiro atoms. The van der Waals surface area contributed by atoms with E-state index in [1.807, 2.05) is 6.20 Å². The highest BCUT2D eigenvalue weighted by Gasteiger charge is 2.30. The van der Waals surface area contributed by atoms with Crippen LogP contribution >= 0.6 is 0 Å². The number of aromatic nitrogens is 1. The molecule has 2 rings (SSSR count). The van der Waals surface area contributed by atoms with Gasteiger partial charge in [0.1, 0.15) is 5.76 Å². The zero-order chi connectivity index (χ0) is 12.4. The summed E-state index contributed by atoms with van der Waals surface area (Å²) in [7, 11) is 0. The van der Waals surface area contributed by atoms with Gasteiger partial charge in [0, 0.05) is 25.0 Å². The molecule has 1 aromatic rings. The largest absolute Gasteiger partial charge is 0.444 e. The molecule has 0 saturated carbocycles. The average Bonchev–Trinajstić information content (AvgIpc) is 2.78. The zero-order valence-corrected chi connectivity index (χ0v) is 11.0. The first-order valence-electron chi connectivity index (χ1n) is 6.55. The summed E-state index contributed by atoms with van der Waals surface area (Å²) in [5.41, 5.74) is 6.08. The number of hydrogen-bond donors (Lipinski definition) is 1. The minimum Gasteiger partial charge on any atom is -0.444 e. The van der Waals surface area contributed by atoms with E-state index in [4.69, 9.17) is 10.2 Å². The normalized spacial score (nSPS) is 30.7. The standard InChI is InChI=1S/C13H23N3O/c1-4-11-7-15-13(17-11)8-16-6-5-12(14)9(2)10(16)3/h7,9-10,12H,4-6,8,14H2,1-3H3. The Morgan fingerprint density at radius 1 is 1.53 bits per heavy atom. The van der Waals surface area contributed by atoms with Crippen molar-refractivity contribution in [3.63, 3.8) is 0 Å². The van der Waals surface area contributed by atoms with Gasteiger partial charge in [-0.3, -0.25) is 4.90 Å². The SMILES string of the molecule is CCc1cnc(CN2CCC(N)C(C)C2C)o1. The van der Waals surface area contributed by atoms with Gasteiger partial charge in [0.05, 0.1) is 12.7 Å². The lowest BCUT2D eigenvalue weighted by Gasteiger charge is -2.40. The van der Waals surface area contributed by atoms with Gasteiger partial charge < -0.3 is 10.2 Å². The molecule has 1 aliphatic rings. The number of nitrogens with zero attached hydrogens (tertiary/aromatic N) is 2. The van der Waals surface area contributed by atoms with Gasteiger partial charge >= 0.3 is 0 Å². The van der Waals surface area contributed by atoms with Crippen LogP contribution in [0.5, 0.6) is 0 Å². The number of likely N-dealkylation sites (tertiary alicyclic amines) is 1. The predicted molar refractivity (Wildman–Crippen MR) is 67.5 cm³/mol. The van der Waals surface area contributed by atoms with Crippen molar-refractivity contribution in [1.29, 1.82) is 0 Å². The summed E-state index contributed by atoms with van der Waals surface area (Å²) in [6, 6.07) is 0.827. The maximum absolute atomic E-state index is 6.08. The second kappa shape index (κ2) is 5.19. The van der Waals surface area contributed by atoms with Crippen LogP contribution < -0.4 is 5.73 Å². The first-order valence-corrected chi connectivity index (χ1v) is 6.55. The second-order valence-electron chi connectivity index (χ2n) is 5.10. The van der Waals surface area contributed by atoms with Gasteiger partial charge in [-0.05, 0) is 19.3 Å².